The van der Waals surface area contributed by atoms with Gasteiger partial charge in [0.2, 0.25) is 5.95 Å². The van der Waals surface area contributed by atoms with Crippen molar-refractivity contribution in [1.82, 2.24) is 14.5 Å². The monoisotopic (exact) mass is 667 g/mol. The number of para-hydroxylation sites is 2. The first-order valence-electron chi connectivity index (χ1n) is 17.2. The van der Waals surface area contributed by atoms with E-state index in [0.717, 1.165) is 76.0 Å². The molecular weight excluding hydrogens is 643 g/mol. The van der Waals surface area contributed by atoms with Crippen molar-refractivity contribution in [1.29, 1.82) is 0 Å². The molecule has 0 bridgehead atoms. The number of aromatic nitrogens is 3. The van der Waals surface area contributed by atoms with Crippen LogP contribution in [0.25, 0.3) is 114 Å². The van der Waals surface area contributed by atoms with Gasteiger partial charge in [0.25, 0.3) is 0 Å². The van der Waals surface area contributed by atoms with Crippen molar-refractivity contribution in [2.45, 2.75) is 0 Å². The van der Waals surface area contributed by atoms with E-state index in [-0.39, 0.29) is 0 Å². The molecule has 8 aromatic carbocycles. The molecule has 0 unspecified atom stereocenters. The molecule has 12 aromatic rings. The topological polar surface area (TPSA) is 43.9 Å². The first kappa shape index (κ1) is 27.3. The van der Waals surface area contributed by atoms with Crippen LogP contribution in [0.4, 0.5) is 0 Å². The Hall–Kier alpha value is -6.56. The van der Waals surface area contributed by atoms with Gasteiger partial charge in [0.1, 0.15) is 11.2 Å². The van der Waals surface area contributed by atoms with Gasteiger partial charge in [-0.05, 0) is 45.8 Å². The summed E-state index contributed by atoms with van der Waals surface area (Å²) < 4.78 is 11.2. The largest absolute Gasteiger partial charge is 0.455 e. The van der Waals surface area contributed by atoms with Gasteiger partial charge in [-0.3, -0.25) is 4.57 Å². The quantitative estimate of drug-likeness (QED) is 0.172. The average Bonchev–Trinajstić information content (AvgIpc) is 3.87. The Morgan fingerprint density at radius 3 is 2.12 bits per heavy atom. The van der Waals surface area contributed by atoms with Crippen LogP contribution in [0.15, 0.2) is 156 Å². The molecule has 4 nitrogen and oxygen atoms in total. The minimum Gasteiger partial charge on any atom is -0.455 e. The molecule has 0 aliphatic carbocycles. The SMILES string of the molecule is c1ccc2cc(-c3nc(-n4c5ccccc5c5ccc6c7c8ccccc8oc7c7ccccc7c6c54)nc4c3sc3ccccc34)ccc2c1. The fourth-order valence-corrected chi connectivity index (χ4v) is 9.51. The highest BCUT2D eigenvalue weighted by molar-refractivity contribution is 7.26. The number of fused-ring (bicyclic) bond motifs is 16. The van der Waals surface area contributed by atoms with Gasteiger partial charge in [0, 0.05) is 48.0 Å². The maximum absolute atomic E-state index is 6.60. The molecule has 0 saturated carbocycles. The summed E-state index contributed by atoms with van der Waals surface area (Å²) in [6.45, 7) is 0. The fraction of sp³-hybridized carbons (Fsp3) is 0. The highest BCUT2D eigenvalue weighted by Crippen LogP contribution is 2.46. The zero-order valence-corrected chi connectivity index (χ0v) is 27.9. The summed E-state index contributed by atoms with van der Waals surface area (Å²) in [4.78, 5) is 11.0. The Kier molecular flexibility index (Phi) is 5.35. The molecule has 0 atom stereocenters. The van der Waals surface area contributed by atoms with E-state index >= 15 is 0 Å². The third-order valence-electron chi connectivity index (χ3n) is 10.6. The van der Waals surface area contributed by atoms with E-state index in [1.807, 2.05) is 6.07 Å². The lowest BCUT2D eigenvalue weighted by Gasteiger charge is -2.13. The second-order valence-corrected chi connectivity index (χ2v) is 14.3. The molecule has 4 heterocycles. The van der Waals surface area contributed by atoms with Crippen LogP contribution in [0, 0.1) is 0 Å². The van der Waals surface area contributed by atoms with Crippen molar-refractivity contribution in [2.24, 2.45) is 0 Å². The van der Waals surface area contributed by atoms with Crippen LogP contribution in [-0.4, -0.2) is 14.5 Å². The van der Waals surface area contributed by atoms with Crippen molar-refractivity contribution in [3.63, 3.8) is 0 Å². The van der Waals surface area contributed by atoms with Gasteiger partial charge >= 0.3 is 0 Å². The number of hydrogen-bond acceptors (Lipinski definition) is 4. The molecule has 236 valence electrons. The van der Waals surface area contributed by atoms with Gasteiger partial charge in [-0.2, -0.15) is 0 Å². The first-order valence-corrected chi connectivity index (χ1v) is 18.0. The maximum Gasteiger partial charge on any atom is 0.235 e. The van der Waals surface area contributed by atoms with Crippen molar-refractivity contribution in [3.8, 4) is 17.2 Å². The third kappa shape index (κ3) is 3.68. The van der Waals surface area contributed by atoms with Crippen LogP contribution >= 0.6 is 11.3 Å². The standard InChI is InChI=1S/C46H25N3OS/c1-2-12-27-25-28(22-21-26(27)11-1)41-45-42(34-17-7-10-20-38(34)51-45)48-46(47-41)49-36-18-8-5-13-29(36)31-23-24-35-39(43(31)49)30-14-3-4-15-32(30)44-40(35)33-16-6-9-19-37(33)50-44/h1-25H. The zero-order valence-electron chi connectivity index (χ0n) is 27.1. The maximum atomic E-state index is 6.60. The summed E-state index contributed by atoms with van der Waals surface area (Å²) in [5, 5.41) is 12.7. The van der Waals surface area contributed by atoms with Crippen LogP contribution in [0.3, 0.4) is 0 Å². The number of benzene rings is 8. The number of thiophene rings is 1. The number of rotatable bonds is 2. The second-order valence-electron chi connectivity index (χ2n) is 13.3. The summed E-state index contributed by atoms with van der Waals surface area (Å²) in [6, 6.07) is 54.0. The normalized spacial score (nSPS) is 12.3. The number of furan rings is 1. The molecule has 5 heteroatoms. The van der Waals surface area contributed by atoms with E-state index in [9.17, 15) is 0 Å². The van der Waals surface area contributed by atoms with Gasteiger partial charge in [-0.1, -0.05) is 127 Å². The minimum atomic E-state index is 0.661. The highest BCUT2D eigenvalue weighted by Gasteiger charge is 2.24. The third-order valence-corrected chi connectivity index (χ3v) is 11.7. The Morgan fingerprint density at radius 2 is 1.22 bits per heavy atom. The second kappa shape index (κ2) is 10.0. The molecule has 0 N–H and O–H groups in total. The van der Waals surface area contributed by atoms with Gasteiger partial charge in [-0.15, -0.1) is 11.3 Å². The van der Waals surface area contributed by atoms with Gasteiger partial charge < -0.3 is 4.42 Å². The lowest BCUT2D eigenvalue weighted by molar-refractivity contribution is 0.673. The molecule has 0 spiro atoms. The molecule has 12 rings (SSSR count). The molecule has 0 fully saturated rings. The van der Waals surface area contributed by atoms with Crippen molar-refractivity contribution in [3.05, 3.63) is 152 Å². The Balaban J connectivity index is 1.30. The van der Waals surface area contributed by atoms with E-state index in [1.54, 1.807) is 11.3 Å². The van der Waals surface area contributed by atoms with Crippen LogP contribution in [0.1, 0.15) is 0 Å². The van der Waals surface area contributed by atoms with Crippen molar-refractivity contribution in [2.75, 3.05) is 0 Å². The minimum absolute atomic E-state index is 0.661. The molecule has 0 saturated heterocycles. The van der Waals surface area contributed by atoms with Crippen LogP contribution in [-0.2, 0) is 0 Å². The average molecular weight is 668 g/mol. The van der Waals surface area contributed by atoms with Gasteiger partial charge in [0.15, 0.2) is 0 Å². The number of nitrogens with zero attached hydrogens (tertiary/aromatic N) is 3. The summed E-state index contributed by atoms with van der Waals surface area (Å²) in [5.74, 6) is 0.661. The molecule has 0 aliphatic rings. The van der Waals surface area contributed by atoms with Crippen LogP contribution in [0.5, 0.6) is 0 Å². The molecule has 0 radical (unpaired) electrons. The molecule has 0 aliphatic heterocycles. The van der Waals surface area contributed by atoms with E-state index in [4.69, 9.17) is 14.4 Å². The first-order chi connectivity index (χ1) is 25.3. The molecule has 51 heavy (non-hydrogen) atoms. The lowest BCUT2D eigenvalue weighted by Crippen LogP contribution is -2.03. The number of hydrogen-bond donors (Lipinski definition) is 0. The predicted molar refractivity (Wildman–Crippen MR) is 214 cm³/mol. The van der Waals surface area contributed by atoms with E-state index in [2.05, 4.69) is 150 Å². The smallest absolute Gasteiger partial charge is 0.235 e. The predicted octanol–water partition coefficient (Wildman–Crippen LogP) is 13.0. The Bertz CT molecular complexity index is 3440. The summed E-state index contributed by atoms with van der Waals surface area (Å²) in [6.07, 6.45) is 0. The van der Waals surface area contributed by atoms with E-state index < -0.39 is 0 Å². The fourth-order valence-electron chi connectivity index (χ4n) is 8.36. The Morgan fingerprint density at radius 1 is 0.510 bits per heavy atom. The summed E-state index contributed by atoms with van der Waals surface area (Å²) >= 11 is 1.76. The van der Waals surface area contributed by atoms with Crippen molar-refractivity contribution < 1.29 is 4.42 Å². The van der Waals surface area contributed by atoms with Crippen molar-refractivity contribution >= 4 is 108 Å². The van der Waals surface area contributed by atoms with E-state index in [1.165, 1.54) is 31.6 Å². The van der Waals surface area contributed by atoms with Gasteiger partial charge in [-0.25, -0.2) is 9.97 Å². The van der Waals surface area contributed by atoms with E-state index in [0.29, 0.717) is 5.95 Å². The lowest BCUT2D eigenvalue weighted by atomic mass is 9.95. The van der Waals surface area contributed by atoms with Crippen LogP contribution < -0.4 is 0 Å². The molecular formula is C46H25N3OS. The summed E-state index contributed by atoms with van der Waals surface area (Å²) in [5.41, 5.74) is 6.98. The molecule has 0 amide bonds. The van der Waals surface area contributed by atoms with Crippen LogP contribution in [0.2, 0.25) is 0 Å². The Labute approximate surface area is 294 Å². The zero-order chi connectivity index (χ0) is 33.2. The summed E-state index contributed by atoms with van der Waals surface area (Å²) in [7, 11) is 0. The highest BCUT2D eigenvalue weighted by atomic mass is 32.1. The molecule has 4 aromatic heterocycles. The van der Waals surface area contributed by atoms with Gasteiger partial charge in [0.05, 0.1) is 26.9 Å².